The summed E-state index contributed by atoms with van der Waals surface area (Å²) >= 11 is 0. The van der Waals surface area contributed by atoms with Crippen molar-refractivity contribution in [3.8, 4) is 0 Å². The first-order chi connectivity index (χ1) is 6.12. The molecular weight excluding hydrogens is 164 g/mol. The molecule has 2 N–H and O–H groups in total. The summed E-state index contributed by atoms with van der Waals surface area (Å²) in [5.74, 6) is 1.42. The zero-order chi connectivity index (χ0) is 9.47. The number of hydrogen-bond donors (Lipinski definition) is 1. The van der Waals surface area contributed by atoms with Crippen molar-refractivity contribution in [2.75, 3.05) is 6.61 Å². The Kier molecular flexibility index (Phi) is 2.06. The molecule has 0 amide bonds. The quantitative estimate of drug-likeness (QED) is 0.517. The van der Waals surface area contributed by atoms with E-state index in [4.69, 9.17) is 10.5 Å². The van der Waals surface area contributed by atoms with E-state index >= 15 is 0 Å². The lowest BCUT2D eigenvalue weighted by Gasteiger charge is -2.23. The van der Waals surface area contributed by atoms with Gasteiger partial charge in [-0.15, -0.1) is 0 Å². The van der Waals surface area contributed by atoms with Crippen LogP contribution in [0.15, 0.2) is 4.99 Å². The van der Waals surface area contributed by atoms with Crippen LogP contribution in [0.5, 0.6) is 0 Å². The fourth-order valence-electron chi connectivity index (χ4n) is 1.74. The standard InChI is InChI=1S/C10H18N2O/c1-7-10(2,5-6-13-7)12-9(11)8-3-4-8/h7-8H,3-6H2,1-2H3,(H2,11,12). The number of amidine groups is 1. The van der Waals surface area contributed by atoms with Crippen LogP contribution in [0.2, 0.25) is 0 Å². The first-order valence-corrected chi connectivity index (χ1v) is 5.09. The van der Waals surface area contributed by atoms with Gasteiger partial charge in [-0.3, -0.25) is 4.99 Å². The maximum Gasteiger partial charge on any atom is 0.0976 e. The summed E-state index contributed by atoms with van der Waals surface area (Å²) in [5, 5.41) is 0. The monoisotopic (exact) mass is 182 g/mol. The van der Waals surface area contributed by atoms with Crippen LogP contribution in [-0.4, -0.2) is 24.1 Å². The molecule has 1 heterocycles. The van der Waals surface area contributed by atoms with Crippen molar-refractivity contribution >= 4 is 5.84 Å². The maximum atomic E-state index is 5.90. The fourth-order valence-corrected chi connectivity index (χ4v) is 1.74. The van der Waals surface area contributed by atoms with Gasteiger partial charge in [0.15, 0.2) is 0 Å². The Bertz CT molecular complexity index is 235. The molecule has 1 saturated heterocycles. The van der Waals surface area contributed by atoms with Crippen LogP contribution >= 0.6 is 0 Å². The zero-order valence-corrected chi connectivity index (χ0v) is 8.42. The lowest BCUT2D eigenvalue weighted by atomic mass is 9.95. The number of hydrogen-bond acceptors (Lipinski definition) is 2. The molecule has 2 unspecified atom stereocenters. The first-order valence-electron chi connectivity index (χ1n) is 5.09. The van der Waals surface area contributed by atoms with Crippen molar-refractivity contribution in [2.45, 2.75) is 44.8 Å². The van der Waals surface area contributed by atoms with E-state index in [0.717, 1.165) is 18.9 Å². The van der Waals surface area contributed by atoms with Gasteiger partial charge >= 0.3 is 0 Å². The normalized spacial score (nSPS) is 41.1. The fraction of sp³-hybridized carbons (Fsp3) is 0.900. The zero-order valence-electron chi connectivity index (χ0n) is 8.42. The Morgan fingerprint density at radius 2 is 2.23 bits per heavy atom. The van der Waals surface area contributed by atoms with Crippen molar-refractivity contribution in [1.29, 1.82) is 0 Å². The smallest absolute Gasteiger partial charge is 0.0976 e. The van der Waals surface area contributed by atoms with E-state index in [2.05, 4.69) is 18.8 Å². The highest BCUT2D eigenvalue weighted by Gasteiger charge is 2.38. The van der Waals surface area contributed by atoms with E-state index in [1.807, 2.05) is 0 Å². The first kappa shape index (κ1) is 9.00. The van der Waals surface area contributed by atoms with Crippen LogP contribution in [-0.2, 0) is 4.74 Å². The molecule has 2 aliphatic rings. The topological polar surface area (TPSA) is 47.6 Å². The third-order valence-corrected chi connectivity index (χ3v) is 3.23. The molecule has 2 atom stereocenters. The van der Waals surface area contributed by atoms with Crippen molar-refractivity contribution in [3.05, 3.63) is 0 Å². The molecule has 2 fully saturated rings. The van der Waals surface area contributed by atoms with Crippen molar-refractivity contribution < 1.29 is 4.74 Å². The van der Waals surface area contributed by atoms with Crippen molar-refractivity contribution in [2.24, 2.45) is 16.6 Å². The Balaban J connectivity index is 2.09. The molecular formula is C10H18N2O. The van der Waals surface area contributed by atoms with Gasteiger partial charge in [-0.2, -0.15) is 0 Å². The lowest BCUT2D eigenvalue weighted by molar-refractivity contribution is 0.101. The third-order valence-electron chi connectivity index (χ3n) is 3.23. The molecule has 1 aliphatic heterocycles. The van der Waals surface area contributed by atoms with Gasteiger partial charge in [-0.05, 0) is 33.1 Å². The van der Waals surface area contributed by atoms with E-state index < -0.39 is 0 Å². The summed E-state index contributed by atoms with van der Waals surface area (Å²) in [4.78, 5) is 4.62. The summed E-state index contributed by atoms with van der Waals surface area (Å²) in [6.07, 6.45) is 3.66. The largest absolute Gasteiger partial charge is 0.387 e. The van der Waals surface area contributed by atoms with Crippen LogP contribution in [0, 0.1) is 5.92 Å². The van der Waals surface area contributed by atoms with Gasteiger partial charge in [0.05, 0.1) is 17.5 Å². The van der Waals surface area contributed by atoms with E-state index in [1.54, 1.807) is 0 Å². The lowest BCUT2D eigenvalue weighted by Crippen LogP contribution is -2.33. The van der Waals surface area contributed by atoms with Gasteiger partial charge in [0.2, 0.25) is 0 Å². The molecule has 13 heavy (non-hydrogen) atoms. The van der Waals surface area contributed by atoms with Crippen molar-refractivity contribution in [1.82, 2.24) is 0 Å². The Hall–Kier alpha value is -0.570. The Labute approximate surface area is 79.4 Å². The van der Waals surface area contributed by atoms with Gasteiger partial charge in [-0.25, -0.2) is 0 Å². The minimum atomic E-state index is -0.0628. The molecule has 3 nitrogen and oxygen atoms in total. The molecule has 0 aromatic rings. The average Bonchev–Trinajstić information content (AvgIpc) is 2.82. The van der Waals surface area contributed by atoms with Gasteiger partial charge in [-0.1, -0.05) is 0 Å². The van der Waals surface area contributed by atoms with E-state index in [1.165, 1.54) is 12.8 Å². The average molecular weight is 182 g/mol. The number of nitrogens with two attached hydrogens (primary N) is 1. The number of nitrogens with zero attached hydrogens (tertiary/aromatic N) is 1. The van der Waals surface area contributed by atoms with E-state index in [9.17, 15) is 0 Å². The second kappa shape index (κ2) is 2.98. The van der Waals surface area contributed by atoms with E-state index in [0.29, 0.717) is 5.92 Å². The Morgan fingerprint density at radius 3 is 2.69 bits per heavy atom. The molecule has 0 aromatic carbocycles. The molecule has 1 saturated carbocycles. The highest BCUT2D eigenvalue weighted by atomic mass is 16.5. The summed E-state index contributed by atoms with van der Waals surface area (Å²) < 4.78 is 5.51. The van der Waals surface area contributed by atoms with Crippen LogP contribution in [0.3, 0.4) is 0 Å². The minimum Gasteiger partial charge on any atom is -0.387 e. The van der Waals surface area contributed by atoms with Gasteiger partial charge < -0.3 is 10.5 Å². The molecule has 0 bridgehead atoms. The summed E-state index contributed by atoms with van der Waals surface area (Å²) in [7, 11) is 0. The predicted molar refractivity (Wildman–Crippen MR) is 52.8 cm³/mol. The van der Waals surface area contributed by atoms with Gasteiger partial charge in [0.1, 0.15) is 0 Å². The summed E-state index contributed by atoms with van der Waals surface area (Å²) in [5.41, 5.74) is 5.84. The molecule has 74 valence electrons. The second-order valence-corrected chi connectivity index (χ2v) is 4.43. The molecule has 0 radical (unpaired) electrons. The van der Waals surface area contributed by atoms with Crippen LogP contribution in [0.4, 0.5) is 0 Å². The van der Waals surface area contributed by atoms with Crippen LogP contribution in [0.25, 0.3) is 0 Å². The van der Waals surface area contributed by atoms with Crippen LogP contribution < -0.4 is 5.73 Å². The number of ether oxygens (including phenoxy) is 1. The van der Waals surface area contributed by atoms with Gasteiger partial charge in [0, 0.05) is 12.5 Å². The molecule has 1 aliphatic carbocycles. The SMILES string of the molecule is CC1OCCC1(C)N=C(N)C1CC1. The summed E-state index contributed by atoms with van der Waals surface area (Å²) in [6, 6.07) is 0. The number of aliphatic imine (C=N–C) groups is 1. The van der Waals surface area contributed by atoms with Crippen molar-refractivity contribution in [3.63, 3.8) is 0 Å². The highest BCUT2D eigenvalue weighted by Crippen LogP contribution is 2.33. The minimum absolute atomic E-state index is 0.0628. The molecule has 0 aromatic heterocycles. The number of rotatable bonds is 2. The third kappa shape index (κ3) is 1.70. The molecule has 0 spiro atoms. The highest BCUT2D eigenvalue weighted by molar-refractivity contribution is 5.85. The van der Waals surface area contributed by atoms with Crippen LogP contribution in [0.1, 0.15) is 33.1 Å². The second-order valence-electron chi connectivity index (χ2n) is 4.43. The Morgan fingerprint density at radius 1 is 1.54 bits per heavy atom. The summed E-state index contributed by atoms with van der Waals surface area (Å²) in [6.45, 7) is 5.04. The van der Waals surface area contributed by atoms with E-state index in [-0.39, 0.29) is 11.6 Å². The van der Waals surface area contributed by atoms with Gasteiger partial charge in [0.25, 0.3) is 0 Å². The maximum absolute atomic E-state index is 5.90. The molecule has 2 rings (SSSR count). The predicted octanol–water partition coefficient (Wildman–Crippen LogP) is 1.32. The molecule has 3 heteroatoms.